The van der Waals surface area contributed by atoms with E-state index in [4.69, 9.17) is 10.2 Å². The van der Waals surface area contributed by atoms with E-state index in [9.17, 15) is 9.59 Å². The molecular weight excluding hydrogens is 368 g/mol. The Balaban J connectivity index is 3.12. The van der Waals surface area contributed by atoms with Gasteiger partial charge in [0.2, 0.25) is 0 Å². The van der Waals surface area contributed by atoms with Crippen molar-refractivity contribution in [1.82, 2.24) is 0 Å². The third-order valence-corrected chi connectivity index (χ3v) is 3.79. The van der Waals surface area contributed by atoms with Gasteiger partial charge in [-0.25, -0.2) is 0 Å². The van der Waals surface area contributed by atoms with Gasteiger partial charge < -0.3 is 10.2 Å². The first-order chi connectivity index (χ1) is 8.51. The number of halogens is 2. The average Bonchev–Trinajstić information content (AvgIpc) is 2.30. The first-order valence-corrected chi connectivity index (χ1v) is 7.35. The molecule has 18 heavy (non-hydrogen) atoms. The maximum absolute atomic E-state index is 11.0. The second-order valence-electron chi connectivity index (χ2n) is 3.65. The van der Waals surface area contributed by atoms with Crippen LogP contribution in [0.5, 0.6) is 0 Å². The molecule has 97 valence electrons. The molecule has 2 unspecified atom stereocenters. The molecule has 6 heteroatoms. The minimum absolute atomic E-state index is 0.258. The van der Waals surface area contributed by atoms with Gasteiger partial charge in [0.15, 0.2) is 0 Å². The van der Waals surface area contributed by atoms with Crippen LogP contribution in [0, 0.1) is 6.07 Å². The summed E-state index contributed by atoms with van der Waals surface area (Å²) in [4.78, 5) is 22.1. The number of carboxylic acid groups (broad SMARTS) is 2. The van der Waals surface area contributed by atoms with Gasteiger partial charge in [-0.3, -0.25) is 9.59 Å². The molecule has 0 spiro atoms. The predicted molar refractivity (Wildman–Crippen MR) is 73.6 cm³/mol. The van der Waals surface area contributed by atoms with Crippen molar-refractivity contribution >= 4 is 43.8 Å². The fourth-order valence-corrected chi connectivity index (χ4v) is 2.73. The van der Waals surface area contributed by atoms with Gasteiger partial charge in [-0.2, -0.15) is 0 Å². The maximum Gasteiger partial charge on any atom is 0.311 e. The number of hydrogen-bond acceptors (Lipinski definition) is 2. The molecule has 0 fully saturated rings. The van der Waals surface area contributed by atoms with Gasteiger partial charge in [0.05, 0.1) is 11.8 Å². The molecule has 1 aromatic rings. The van der Waals surface area contributed by atoms with Gasteiger partial charge in [0.25, 0.3) is 0 Å². The predicted octanol–water partition coefficient (Wildman–Crippen LogP) is 2.61. The zero-order chi connectivity index (χ0) is 13.7. The number of carbonyl (C=O) groups is 2. The van der Waals surface area contributed by atoms with E-state index in [-0.39, 0.29) is 10.7 Å². The van der Waals surface area contributed by atoms with E-state index in [0.29, 0.717) is 11.1 Å². The standard InChI is InChI=1S/C12H11Br2O4/c13-5-9(11(15)16)7-2-1-3-8(4-7)10(6-14)12(17)18/h1-3,9-10H,5-6H2,(H,15,16)(H,17,18). The molecule has 0 aliphatic carbocycles. The van der Waals surface area contributed by atoms with Crippen LogP contribution in [-0.4, -0.2) is 32.8 Å². The Bertz CT molecular complexity index is 410. The van der Waals surface area contributed by atoms with Crippen molar-refractivity contribution in [1.29, 1.82) is 0 Å². The molecule has 0 heterocycles. The summed E-state index contributed by atoms with van der Waals surface area (Å²) in [6.07, 6.45) is 0. The molecule has 0 amide bonds. The molecule has 0 saturated heterocycles. The highest BCUT2D eigenvalue weighted by molar-refractivity contribution is 9.09. The number of benzene rings is 1. The normalized spacial score (nSPS) is 13.9. The van der Waals surface area contributed by atoms with Crippen LogP contribution in [0.15, 0.2) is 18.2 Å². The highest BCUT2D eigenvalue weighted by Crippen LogP contribution is 2.24. The molecule has 0 bridgehead atoms. The lowest BCUT2D eigenvalue weighted by Gasteiger charge is -2.13. The van der Waals surface area contributed by atoms with Crippen molar-refractivity contribution in [2.75, 3.05) is 10.7 Å². The molecule has 0 aliphatic heterocycles. The van der Waals surface area contributed by atoms with Gasteiger partial charge in [0, 0.05) is 10.7 Å². The zero-order valence-electron chi connectivity index (χ0n) is 9.27. The highest BCUT2D eigenvalue weighted by atomic mass is 79.9. The Morgan fingerprint density at radius 2 is 1.44 bits per heavy atom. The Labute approximate surface area is 121 Å². The number of aliphatic carboxylic acids is 2. The van der Waals surface area contributed by atoms with E-state index in [1.54, 1.807) is 18.2 Å². The smallest absolute Gasteiger partial charge is 0.311 e. The first kappa shape index (κ1) is 15.2. The fraction of sp³-hybridized carbons (Fsp3) is 0.333. The van der Waals surface area contributed by atoms with Crippen molar-refractivity contribution in [2.45, 2.75) is 11.8 Å². The summed E-state index contributed by atoms with van der Waals surface area (Å²) in [5.74, 6) is -3.39. The van der Waals surface area contributed by atoms with E-state index in [1.165, 1.54) is 0 Å². The minimum atomic E-state index is -0.967. The second kappa shape index (κ2) is 6.89. The number of rotatable bonds is 6. The van der Waals surface area contributed by atoms with Crippen molar-refractivity contribution in [3.63, 3.8) is 0 Å². The molecule has 0 saturated carbocycles. The third-order valence-electron chi connectivity index (χ3n) is 2.50. The topological polar surface area (TPSA) is 74.6 Å². The van der Waals surface area contributed by atoms with Crippen LogP contribution in [0.25, 0.3) is 0 Å². The second-order valence-corrected chi connectivity index (χ2v) is 4.95. The average molecular weight is 379 g/mol. The monoisotopic (exact) mass is 377 g/mol. The quantitative estimate of drug-likeness (QED) is 0.746. The molecule has 0 aromatic heterocycles. The minimum Gasteiger partial charge on any atom is -0.481 e. The summed E-state index contributed by atoms with van der Waals surface area (Å²) in [5.41, 5.74) is 0.952. The van der Waals surface area contributed by atoms with E-state index in [1.807, 2.05) is 0 Å². The Morgan fingerprint density at radius 3 is 1.72 bits per heavy atom. The summed E-state index contributed by atoms with van der Waals surface area (Å²) < 4.78 is 0. The first-order valence-electron chi connectivity index (χ1n) is 5.11. The molecule has 4 nitrogen and oxygen atoms in total. The van der Waals surface area contributed by atoms with Crippen LogP contribution in [0.1, 0.15) is 23.0 Å². The summed E-state index contributed by atoms with van der Waals surface area (Å²) >= 11 is 6.27. The lowest BCUT2D eigenvalue weighted by molar-refractivity contribution is -0.139. The van der Waals surface area contributed by atoms with Crippen LogP contribution in [0.3, 0.4) is 0 Å². The molecule has 1 rings (SSSR count). The maximum atomic E-state index is 11.0. The summed E-state index contributed by atoms with van der Waals surface area (Å²) in [7, 11) is 0. The van der Waals surface area contributed by atoms with Crippen molar-refractivity contribution in [3.8, 4) is 0 Å². The van der Waals surface area contributed by atoms with Gasteiger partial charge >= 0.3 is 11.9 Å². The van der Waals surface area contributed by atoms with Gasteiger partial charge in [-0.05, 0) is 17.2 Å². The SMILES string of the molecule is O=C(O)C(CBr)c1[c]c(C(CBr)C(=O)O)ccc1. The van der Waals surface area contributed by atoms with E-state index in [2.05, 4.69) is 37.9 Å². The molecule has 1 radical (unpaired) electrons. The summed E-state index contributed by atoms with van der Waals surface area (Å²) in [6.45, 7) is 0. The van der Waals surface area contributed by atoms with Crippen LogP contribution >= 0.6 is 31.9 Å². The molecule has 1 aromatic carbocycles. The van der Waals surface area contributed by atoms with Crippen LogP contribution in [0.2, 0.25) is 0 Å². The molecule has 2 atom stereocenters. The van der Waals surface area contributed by atoms with Crippen molar-refractivity contribution in [3.05, 3.63) is 35.4 Å². The van der Waals surface area contributed by atoms with Crippen LogP contribution in [0.4, 0.5) is 0 Å². The largest absolute Gasteiger partial charge is 0.481 e. The molecule has 0 aliphatic rings. The highest BCUT2D eigenvalue weighted by Gasteiger charge is 2.23. The third kappa shape index (κ3) is 3.55. The Morgan fingerprint density at radius 1 is 1.06 bits per heavy atom. The summed E-state index contributed by atoms with van der Waals surface area (Å²) in [6, 6.07) is 7.81. The zero-order valence-corrected chi connectivity index (χ0v) is 12.4. The lowest BCUT2D eigenvalue weighted by atomic mass is 9.94. The van der Waals surface area contributed by atoms with Crippen molar-refractivity contribution < 1.29 is 19.8 Å². The van der Waals surface area contributed by atoms with Gasteiger partial charge in [0.1, 0.15) is 0 Å². The van der Waals surface area contributed by atoms with Gasteiger partial charge in [-0.15, -0.1) is 0 Å². The Kier molecular flexibility index (Phi) is 5.81. The van der Waals surface area contributed by atoms with Crippen molar-refractivity contribution in [2.24, 2.45) is 0 Å². The van der Waals surface area contributed by atoms with Gasteiger partial charge in [-0.1, -0.05) is 50.1 Å². The van der Waals surface area contributed by atoms with E-state index in [0.717, 1.165) is 0 Å². The Hall–Kier alpha value is -0.880. The van der Waals surface area contributed by atoms with Crippen LogP contribution in [-0.2, 0) is 9.59 Å². The van der Waals surface area contributed by atoms with E-state index < -0.39 is 23.8 Å². The molecule has 2 N–H and O–H groups in total. The number of alkyl halides is 2. The van der Waals surface area contributed by atoms with E-state index >= 15 is 0 Å². The summed E-state index contributed by atoms with van der Waals surface area (Å²) in [5, 5.41) is 18.6. The number of hydrogen-bond donors (Lipinski definition) is 2. The fourth-order valence-electron chi connectivity index (χ4n) is 1.48. The molecular formula is C12H11Br2O4. The number of carboxylic acids is 2. The lowest BCUT2D eigenvalue weighted by Crippen LogP contribution is -2.16. The van der Waals surface area contributed by atoms with Crippen LogP contribution < -0.4 is 0 Å².